The highest BCUT2D eigenvalue weighted by Crippen LogP contribution is 2.18. The Hall–Kier alpha value is -4.46. The molecule has 2 aromatic carbocycles. The monoisotopic (exact) mass is 460 g/mol. The smallest absolute Gasteiger partial charge is 0.337 e. The summed E-state index contributed by atoms with van der Waals surface area (Å²) in [5.41, 5.74) is 3.08. The first-order chi connectivity index (χ1) is 16.4. The highest BCUT2D eigenvalue weighted by molar-refractivity contribution is 5.97. The molecule has 8 heteroatoms. The fourth-order valence-corrected chi connectivity index (χ4v) is 2.85. The molecule has 1 heterocycles. The molecule has 174 valence electrons. The summed E-state index contributed by atoms with van der Waals surface area (Å²) < 4.78 is 15.3. The fourth-order valence-electron chi connectivity index (χ4n) is 2.85. The number of rotatable bonds is 9. The fraction of sp³-hybridized carbons (Fsp3) is 0.154. The van der Waals surface area contributed by atoms with Gasteiger partial charge in [0.1, 0.15) is 12.4 Å². The molecule has 1 N–H and O–H groups in total. The molecule has 0 bridgehead atoms. The van der Waals surface area contributed by atoms with Gasteiger partial charge in [0, 0.05) is 18.0 Å². The predicted molar refractivity (Wildman–Crippen MR) is 126 cm³/mol. The third-order valence-electron chi connectivity index (χ3n) is 4.68. The van der Waals surface area contributed by atoms with E-state index in [4.69, 9.17) is 9.47 Å². The number of aromatic nitrogens is 1. The molecule has 0 aliphatic heterocycles. The van der Waals surface area contributed by atoms with Crippen molar-refractivity contribution in [2.24, 2.45) is 0 Å². The molecule has 0 spiro atoms. The quantitative estimate of drug-likeness (QED) is 0.381. The van der Waals surface area contributed by atoms with Gasteiger partial charge in [-0.05, 0) is 60.5 Å². The van der Waals surface area contributed by atoms with Crippen LogP contribution < -0.4 is 10.1 Å². The molecule has 0 radical (unpaired) electrons. The number of aryl methyl sites for hydroxylation is 1. The van der Waals surface area contributed by atoms with E-state index in [1.54, 1.807) is 55.6 Å². The zero-order chi connectivity index (χ0) is 24.3. The minimum absolute atomic E-state index is 0.302. The Balaban J connectivity index is 1.46. The summed E-state index contributed by atoms with van der Waals surface area (Å²) in [6.07, 6.45) is 4.52. The second kappa shape index (κ2) is 12.0. The molecule has 3 rings (SSSR count). The van der Waals surface area contributed by atoms with E-state index >= 15 is 0 Å². The summed E-state index contributed by atoms with van der Waals surface area (Å²) >= 11 is 0. The van der Waals surface area contributed by atoms with Crippen molar-refractivity contribution >= 4 is 29.6 Å². The number of benzene rings is 2. The summed E-state index contributed by atoms with van der Waals surface area (Å²) in [6, 6.07) is 17.6. The highest BCUT2D eigenvalue weighted by atomic mass is 16.5. The summed E-state index contributed by atoms with van der Waals surface area (Å²) in [6.45, 7) is 1.67. The molecule has 0 fully saturated rings. The molecule has 8 nitrogen and oxygen atoms in total. The van der Waals surface area contributed by atoms with Crippen LogP contribution in [0, 0.1) is 6.92 Å². The lowest BCUT2D eigenvalue weighted by Crippen LogP contribution is -2.21. The number of pyridine rings is 1. The Labute approximate surface area is 197 Å². The number of anilines is 1. The van der Waals surface area contributed by atoms with E-state index < -0.39 is 24.5 Å². The number of hydrogen-bond donors (Lipinski definition) is 1. The average Bonchev–Trinajstić information content (AvgIpc) is 2.87. The molecule has 0 saturated heterocycles. The zero-order valence-electron chi connectivity index (χ0n) is 18.8. The van der Waals surface area contributed by atoms with Gasteiger partial charge in [0.05, 0.1) is 18.4 Å². The number of amides is 1. The minimum Gasteiger partial charge on any atom is -0.487 e. The van der Waals surface area contributed by atoms with Crippen molar-refractivity contribution in [1.29, 1.82) is 0 Å². The van der Waals surface area contributed by atoms with Gasteiger partial charge in [-0.3, -0.25) is 9.78 Å². The molecule has 0 aliphatic carbocycles. The Morgan fingerprint density at radius 1 is 1.03 bits per heavy atom. The number of esters is 2. The molecule has 0 atom stereocenters. The van der Waals surface area contributed by atoms with Crippen LogP contribution in [0.4, 0.5) is 5.69 Å². The lowest BCUT2D eigenvalue weighted by atomic mass is 10.1. The number of ether oxygens (including phenoxy) is 3. The van der Waals surface area contributed by atoms with E-state index in [1.807, 2.05) is 18.2 Å². The Morgan fingerprint density at radius 2 is 1.82 bits per heavy atom. The van der Waals surface area contributed by atoms with E-state index in [9.17, 15) is 14.4 Å². The van der Waals surface area contributed by atoms with Gasteiger partial charge in [-0.15, -0.1) is 0 Å². The second-order valence-electron chi connectivity index (χ2n) is 7.19. The largest absolute Gasteiger partial charge is 0.487 e. The van der Waals surface area contributed by atoms with Crippen LogP contribution in [-0.4, -0.2) is 36.5 Å². The van der Waals surface area contributed by atoms with Crippen molar-refractivity contribution in [3.05, 3.63) is 95.3 Å². The lowest BCUT2D eigenvalue weighted by molar-refractivity contribution is -0.142. The first kappa shape index (κ1) is 24.2. The van der Waals surface area contributed by atoms with Crippen LogP contribution in [0.1, 0.15) is 27.2 Å². The molecule has 3 aromatic rings. The summed E-state index contributed by atoms with van der Waals surface area (Å²) in [5, 5.41) is 2.62. The van der Waals surface area contributed by atoms with Gasteiger partial charge < -0.3 is 19.5 Å². The molecular formula is C26H24N2O6. The maximum Gasteiger partial charge on any atom is 0.337 e. The Kier molecular flexibility index (Phi) is 8.51. The second-order valence-corrected chi connectivity index (χ2v) is 7.19. The topological polar surface area (TPSA) is 104 Å². The molecule has 0 saturated carbocycles. The number of methoxy groups -OCH3 is 1. The molecule has 0 unspecified atom stereocenters. The average molecular weight is 460 g/mol. The highest BCUT2D eigenvalue weighted by Gasteiger charge is 2.11. The molecule has 1 amide bonds. The van der Waals surface area contributed by atoms with Gasteiger partial charge in [0.25, 0.3) is 5.91 Å². The maximum absolute atomic E-state index is 12.1. The van der Waals surface area contributed by atoms with Crippen molar-refractivity contribution in [2.45, 2.75) is 13.5 Å². The van der Waals surface area contributed by atoms with Crippen LogP contribution >= 0.6 is 0 Å². The van der Waals surface area contributed by atoms with Gasteiger partial charge in [0.2, 0.25) is 0 Å². The van der Waals surface area contributed by atoms with E-state index in [2.05, 4.69) is 15.0 Å². The summed E-state index contributed by atoms with van der Waals surface area (Å²) in [5.74, 6) is -1.03. The zero-order valence-corrected chi connectivity index (χ0v) is 18.8. The SMILES string of the molecule is COC(=O)c1ccc(C)c(NC(=O)COC(=O)C=Cc2ccc(OCc3ccccn3)cc2)c1. The first-order valence-electron chi connectivity index (χ1n) is 10.4. The lowest BCUT2D eigenvalue weighted by Gasteiger charge is -2.10. The van der Waals surface area contributed by atoms with E-state index in [-0.39, 0.29) is 0 Å². The van der Waals surface area contributed by atoms with Crippen molar-refractivity contribution in [3.63, 3.8) is 0 Å². The van der Waals surface area contributed by atoms with Gasteiger partial charge in [-0.25, -0.2) is 9.59 Å². The normalized spacial score (nSPS) is 10.5. The van der Waals surface area contributed by atoms with Gasteiger partial charge >= 0.3 is 11.9 Å². The molecular weight excluding hydrogens is 436 g/mol. The number of hydrogen-bond acceptors (Lipinski definition) is 7. The number of nitrogens with zero attached hydrogens (tertiary/aromatic N) is 1. The summed E-state index contributed by atoms with van der Waals surface area (Å²) in [7, 11) is 1.28. The molecule has 0 aliphatic rings. The van der Waals surface area contributed by atoms with Gasteiger partial charge in [-0.1, -0.05) is 24.3 Å². The Bertz CT molecular complexity index is 1170. The van der Waals surface area contributed by atoms with Crippen LogP contribution in [0.15, 0.2) is 72.9 Å². The molecule has 1 aromatic heterocycles. The first-order valence-corrected chi connectivity index (χ1v) is 10.4. The standard InChI is InChI=1S/C26H24N2O6/c1-18-6-10-20(26(31)32-2)15-23(18)28-24(29)17-34-25(30)13-9-19-7-11-22(12-8-19)33-16-21-5-3-4-14-27-21/h3-15H,16-17H2,1-2H3,(H,28,29). The van der Waals surface area contributed by atoms with Crippen molar-refractivity contribution in [3.8, 4) is 5.75 Å². The van der Waals surface area contributed by atoms with Crippen LogP contribution in [0.2, 0.25) is 0 Å². The van der Waals surface area contributed by atoms with Gasteiger partial charge in [-0.2, -0.15) is 0 Å². The van der Waals surface area contributed by atoms with Gasteiger partial charge in [0.15, 0.2) is 6.61 Å². The van der Waals surface area contributed by atoms with Crippen LogP contribution in [0.3, 0.4) is 0 Å². The van der Waals surface area contributed by atoms with Crippen LogP contribution in [-0.2, 0) is 25.7 Å². The number of carbonyl (C=O) groups is 3. The molecule has 34 heavy (non-hydrogen) atoms. The summed E-state index contributed by atoms with van der Waals surface area (Å²) in [4.78, 5) is 40.0. The van der Waals surface area contributed by atoms with Crippen LogP contribution in [0.5, 0.6) is 5.75 Å². The van der Waals surface area contributed by atoms with E-state index in [0.717, 1.165) is 16.8 Å². The van der Waals surface area contributed by atoms with Crippen molar-refractivity contribution < 1.29 is 28.6 Å². The minimum atomic E-state index is -0.661. The maximum atomic E-state index is 12.1. The third-order valence-corrected chi connectivity index (χ3v) is 4.68. The van der Waals surface area contributed by atoms with Crippen LogP contribution in [0.25, 0.3) is 6.08 Å². The van der Waals surface area contributed by atoms with Crippen molar-refractivity contribution in [1.82, 2.24) is 4.98 Å². The third kappa shape index (κ3) is 7.30. The van der Waals surface area contributed by atoms with Crippen molar-refractivity contribution in [2.75, 3.05) is 19.0 Å². The van der Waals surface area contributed by atoms with E-state index in [0.29, 0.717) is 23.6 Å². The number of carbonyl (C=O) groups excluding carboxylic acids is 3. The van der Waals surface area contributed by atoms with E-state index in [1.165, 1.54) is 19.3 Å². The number of nitrogens with one attached hydrogen (secondary N) is 1. The Morgan fingerprint density at radius 3 is 2.53 bits per heavy atom. The predicted octanol–water partition coefficient (Wildman–Crippen LogP) is 3.95.